The van der Waals surface area contributed by atoms with Crippen LogP contribution in [0, 0.1) is 0 Å². The van der Waals surface area contributed by atoms with Gasteiger partial charge in [-0.1, -0.05) is 23.2 Å². The summed E-state index contributed by atoms with van der Waals surface area (Å²) in [4.78, 5) is 9.59. The number of carboxylic acid groups (broad SMARTS) is 1. The Labute approximate surface area is 92.8 Å². The molecule has 0 aromatic heterocycles. The summed E-state index contributed by atoms with van der Waals surface area (Å²) in [5.74, 6) is -1.21. The second kappa shape index (κ2) is 8.26. The number of aliphatic hydroxyl groups is 2. The van der Waals surface area contributed by atoms with Gasteiger partial charge in [0.25, 0.3) is 0 Å². The van der Waals surface area contributed by atoms with Gasteiger partial charge in [0.05, 0.1) is 0 Å². The van der Waals surface area contributed by atoms with E-state index in [4.69, 9.17) is 38.5 Å². The van der Waals surface area contributed by atoms with Crippen molar-refractivity contribution in [3.63, 3.8) is 0 Å². The monoisotopic (exact) mass is 247 g/mol. The summed E-state index contributed by atoms with van der Waals surface area (Å²) in [7, 11) is 1.65. The maximum Gasteiger partial charge on any atom is 0.337 e. The van der Waals surface area contributed by atoms with E-state index < -0.39 is 23.3 Å². The number of aliphatic hydroxyl groups excluding tert-OH is 2. The van der Waals surface area contributed by atoms with Gasteiger partial charge in [0.1, 0.15) is 12.5 Å². The molecule has 0 amide bonds. The lowest BCUT2D eigenvalue weighted by Crippen LogP contribution is -2.36. The van der Waals surface area contributed by atoms with E-state index in [1.54, 1.807) is 20.9 Å². The van der Waals surface area contributed by atoms with Gasteiger partial charge in [0.15, 0.2) is 0 Å². The second-order valence-corrected chi connectivity index (χ2v) is 3.66. The van der Waals surface area contributed by atoms with Crippen LogP contribution in [0.1, 0.15) is 13.8 Å². The zero-order chi connectivity index (χ0) is 11.9. The van der Waals surface area contributed by atoms with Crippen molar-refractivity contribution in [3.05, 3.63) is 0 Å². The number of hydrogen-bond acceptors (Lipinski definition) is 4. The Kier molecular flexibility index (Phi) is 9.65. The summed E-state index contributed by atoms with van der Waals surface area (Å²) >= 11 is 9.56. The lowest BCUT2D eigenvalue weighted by Gasteiger charge is -2.22. The number of hydrogen-bond donors (Lipinski definition) is 3. The second-order valence-electron chi connectivity index (χ2n) is 2.57. The fourth-order valence-corrected chi connectivity index (χ4v) is 0.312. The van der Waals surface area contributed by atoms with Crippen LogP contribution in [0.25, 0.3) is 0 Å². The van der Waals surface area contributed by atoms with E-state index in [9.17, 15) is 4.79 Å². The summed E-state index contributed by atoms with van der Waals surface area (Å²) in [6.07, 6.45) is -1.15. The molecule has 0 aromatic carbocycles. The first-order chi connectivity index (χ1) is 6.20. The first kappa shape index (κ1) is 16.4. The number of nitrogens with zero attached hydrogens (tertiary/aromatic N) is 1. The Balaban J connectivity index is 0. The van der Waals surface area contributed by atoms with Crippen molar-refractivity contribution in [3.8, 4) is 0 Å². The predicted molar refractivity (Wildman–Crippen MR) is 54.3 cm³/mol. The molecule has 0 heterocycles. The van der Waals surface area contributed by atoms with E-state index in [0.29, 0.717) is 0 Å². The third-order valence-corrected chi connectivity index (χ3v) is 1.74. The Morgan fingerprint density at radius 2 is 1.43 bits per heavy atom. The Bertz CT molecular complexity index is 156. The van der Waals surface area contributed by atoms with Gasteiger partial charge >= 0.3 is 5.97 Å². The standard InChI is InChI=1S/C5H13NO2.C2H2Cl2O2/c1-4(7)6(3)5(2)8;3-1(4)2(5)6/h4-5,7-8H,1-3H3;1H,(H,5,6). The number of carboxylic acids is 1. The van der Waals surface area contributed by atoms with Gasteiger partial charge in [-0.25, -0.2) is 4.79 Å². The molecule has 3 N–H and O–H groups in total. The fraction of sp³-hybridized carbons (Fsp3) is 0.857. The van der Waals surface area contributed by atoms with Crippen LogP contribution in [0.3, 0.4) is 0 Å². The molecule has 0 rings (SSSR count). The molecule has 0 radical (unpaired) electrons. The average Bonchev–Trinajstić information content (AvgIpc) is 2.03. The van der Waals surface area contributed by atoms with Crippen LogP contribution in [0.5, 0.6) is 0 Å². The number of aliphatic carboxylic acids is 1. The van der Waals surface area contributed by atoms with Gasteiger partial charge in [-0.05, 0) is 20.9 Å². The average molecular weight is 248 g/mol. The van der Waals surface area contributed by atoms with Crippen LogP contribution in [-0.2, 0) is 4.79 Å². The Morgan fingerprint density at radius 1 is 1.21 bits per heavy atom. The number of carbonyl (C=O) groups is 1. The zero-order valence-corrected chi connectivity index (χ0v) is 9.70. The van der Waals surface area contributed by atoms with Gasteiger partial charge in [0.2, 0.25) is 4.84 Å². The molecule has 0 aromatic rings. The lowest BCUT2D eigenvalue weighted by atomic mass is 10.5. The SMILES string of the molecule is CC(O)N(C)C(C)O.O=C(O)C(Cl)Cl. The van der Waals surface area contributed by atoms with E-state index in [0.717, 1.165) is 0 Å². The Morgan fingerprint density at radius 3 is 1.43 bits per heavy atom. The van der Waals surface area contributed by atoms with Crippen LogP contribution in [-0.4, -0.2) is 50.5 Å². The molecule has 0 aliphatic heterocycles. The molecule has 5 nitrogen and oxygen atoms in total. The Hall–Kier alpha value is -0.0700. The summed E-state index contributed by atoms with van der Waals surface area (Å²) in [5, 5.41) is 25.2. The molecule has 0 aliphatic carbocycles. The molecule has 0 saturated carbocycles. The minimum absolute atomic E-state index is 0.574. The summed E-state index contributed by atoms with van der Waals surface area (Å²) < 4.78 is 0. The smallest absolute Gasteiger partial charge is 0.337 e. The van der Waals surface area contributed by atoms with Crippen molar-refractivity contribution in [2.24, 2.45) is 0 Å². The minimum Gasteiger partial charge on any atom is -0.479 e. The van der Waals surface area contributed by atoms with Crippen LogP contribution >= 0.6 is 23.2 Å². The van der Waals surface area contributed by atoms with E-state index in [1.807, 2.05) is 0 Å². The first-order valence-electron chi connectivity index (χ1n) is 3.79. The molecule has 14 heavy (non-hydrogen) atoms. The van der Waals surface area contributed by atoms with Gasteiger partial charge < -0.3 is 15.3 Å². The number of rotatable bonds is 3. The highest BCUT2D eigenvalue weighted by molar-refractivity contribution is 6.52. The topological polar surface area (TPSA) is 81.0 Å². The third-order valence-electron chi connectivity index (χ3n) is 1.37. The van der Waals surface area contributed by atoms with Crippen LogP contribution in [0.15, 0.2) is 0 Å². The molecule has 0 aliphatic rings. The van der Waals surface area contributed by atoms with Crippen LogP contribution < -0.4 is 0 Å². The van der Waals surface area contributed by atoms with Gasteiger partial charge in [-0.15, -0.1) is 0 Å². The highest BCUT2D eigenvalue weighted by Gasteiger charge is 2.08. The summed E-state index contributed by atoms with van der Waals surface area (Å²) in [5.41, 5.74) is 0. The molecule has 0 saturated heterocycles. The van der Waals surface area contributed by atoms with E-state index in [-0.39, 0.29) is 0 Å². The lowest BCUT2D eigenvalue weighted by molar-refractivity contribution is -0.135. The molecular weight excluding hydrogens is 233 g/mol. The normalized spacial score (nSPS) is 14.6. The van der Waals surface area contributed by atoms with Crippen molar-refractivity contribution in [1.82, 2.24) is 4.90 Å². The molecule has 2 atom stereocenters. The molecular formula is C7H15Cl2NO4. The third kappa shape index (κ3) is 10.0. The first-order valence-corrected chi connectivity index (χ1v) is 4.66. The predicted octanol–water partition coefficient (Wildman–Crippen LogP) is 0.470. The van der Waals surface area contributed by atoms with Gasteiger partial charge in [-0.3, -0.25) is 4.90 Å². The van der Waals surface area contributed by atoms with Crippen molar-refractivity contribution < 1.29 is 20.1 Å². The molecule has 2 unspecified atom stereocenters. The van der Waals surface area contributed by atoms with E-state index in [1.165, 1.54) is 4.90 Å². The van der Waals surface area contributed by atoms with Crippen molar-refractivity contribution in [2.45, 2.75) is 31.1 Å². The molecule has 0 fully saturated rings. The summed E-state index contributed by atoms with van der Waals surface area (Å²) in [6, 6.07) is 0. The molecule has 7 heteroatoms. The fourth-order valence-electron chi connectivity index (χ4n) is 0.312. The maximum absolute atomic E-state index is 9.44. The van der Waals surface area contributed by atoms with Crippen molar-refractivity contribution in [2.75, 3.05) is 7.05 Å². The molecule has 0 spiro atoms. The molecule has 0 bridgehead atoms. The quantitative estimate of drug-likeness (QED) is 0.499. The van der Waals surface area contributed by atoms with E-state index >= 15 is 0 Å². The van der Waals surface area contributed by atoms with Gasteiger partial charge in [-0.2, -0.15) is 0 Å². The largest absolute Gasteiger partial charge is 0.479 e. The highest BCUT2D eigenvalue weighted by atomic mass is 35.5. The molecule has 86 valence electrons. The number of alkyl halides is 2. The van der Waals surface area contributed by atoms with Crippen LogP contribution in [0.4, 0.5) is 0 Å². The zero-order valence-electron chi connectivity index (χ0n) is 8.19. The minimum atomic E-state index is -1.29. The van der Waals surface area contributed by atoms with Crippen molar-refractivity contribution >= 4 is 29.2 Å². The maximum atomic E-state index is 9.44. The van der Waals surface area contributed by atoms with Crippen LogP contribution in [0.2, 0.25) is 0 Å². The number of halogens is 2. The highest BCUT2D eigenvalue weighted by Crippen LogP contribution is 1.98. The van der Waals surface area contributed by atoms with Crippen molar-refractivity contribution in [1.29, 1.82) is 0 Å². The summed E-state index contributed by atoms with van der Waals surface area (Å²) in [6.45, 7) is 3.21. The van der Waals surface area contributed by atoms with Gasteiger partial charge in [0, 0.05) is 0 Å². The van der Waals surface area contributed by atoms with E-state index in [2.05, 4.69) is 0 Å².